The van der Waals surface area contributed by atoms with E-state index in [1.165, 1.54) is 21.3 Å². The molecule has 2 amide bonds. The Morgan fingerprint density at radius 1 is 1.10 bits per heavy atom. The van der Waals surface area contributed by atoms with Crippen molar-refractivity contribution in [3.8, 4) is 5.75 Å². The van der Waals surface area contributed by atoms with Crippen molar-refractivity contribution in [2.45, 2.75) is 64.5 Å². The van der Waals surface area contributed by atoms with Gasteiger partial charge in [-0.25, -0.2) is 9.86 Å². The molecule has 0 aliphatic rings. The van der Waals surface area contributed by atoms with Gasteiger partial charge in [0.15, 0.2) is 0 Å². The molecule has 1 atom stereocenters. The summed E-state index contributed by atoms with van der Waals surface area (Å²) in [6.45, 7) is 10.3. The molecule has 0 radical (unpaired) electrons. The van der Waals surface area contributed by atoms with E-state index in [9.17, 15) is 18.0 Å². The number of benzene rings is 2. The normalized spacial score (nSPS) is 13.0. The Hall–Kier alpha value is -3.64. The number of carbonyl (C=O) groups excluding carboxylic acids is 2. The SMILES string of the molecule is COc1cc(C)c(S(=O)(=O)N=C(N)c2cccc(CC(NC(=O)OC(C)(C)C)C(=O)N(C)OC)c2)c(C)c1C. The number of nitrogens with two attached hydrogens (primary N) is 1. The van der Waals surface area contributed by atoms with Gasteiger partial charge in [0.2, 0.25) is 0 Å². The molecule has 12 heteroatoms. The van der Waals surface area contributed by atoms with Crippen molar-refractivity contribution in [2.24, 2.45) is 10.1 Å². The summed E-state index contributed by atoms with van der Waals surface area (Å²) in [5.74, 6) is -0.156. The van der Waals surface area contributed by atoms with Crippen LogP contribution < -0.4 is 15.8 Å². The van der Waals surface area contributed by atoms with Crippen LogP contribution in [0.5, 0.6) is 5.75 Å². The van der Waals surface area contributed by atoms with E-state index >= 15 is 0 Å². The molecule has 0 saturated heterocycles. The number of hydrogen-bond acceptors (Lipinski definition) is 7. The minimum Gasteiger partial charge on any atom is -0.496 e. The monoisotopic (exact) mass is 562 g/mol. The topological polar surface area (TPSA) is 150 Å². The van der Waals surface area contributed by atoms with Gasteiger partial charge in [-0.05, 0) is 75.9 Å². The van der Waals surface area contributed by atoms with E-state index in [4.69, 9.17) is 20.0 Å². The number of amides is 2. The number of ether oxygens (including phenoxy) is 2. The summed E-state index contributed by atoms with van der Waals surface area (Å²) in [7, 11) is 0.111. The second kappa shape index (κ2) is 12.5. The number of methoxy groups -OCH3 is 1. The standard InChI is InChI=1S/C27H38N4O7S/c1-16-13-22(36-8)17(2)18(3)23(16)39(34,35)30-24(28)20-12-10-11-19(14-20)15-21(25(32)31(7)37-9)29-26(33)38-27(4,5)6/h10-14,21H,15H2,1-9H3,(H2,28,30)(H,29,33). The van der Waals surface area contributed by atoms with Crippen LogP contribution in [0.2, 0.25) is 0 Å². The van der Waals surface area contributed by atoms with Crippen LogP contribution in [0, 0.1) is 20.8 Å². The van der Waals surface area contributed by atoms with Crippen molar-refractivity contribution in [1.82, 2.24) is 10.4 Å². The van der Waals surface area contributed by atoms with Crippen LogP contribution in [-0.4, -0.2) is 64.2 Å². The maximum atomic E-state index is 13.3. The fraction of sp³-hybridized carbons (Fsp3) is 0.444. The number of aryl methyl sites for hydroxylation is 1. The summed E-state index contributed by atoms with van der Waals surface area (Å²) >= 11 is 0. The molecule has 2 aromatic rings. The van der Waals surface area contributed by atoms with Crippen molar-refractivity contribution in [3.05, 3.63) is 58.1 Å². The number of carbonyl (C=O) groups is 2. The van der Waals surface area contributed by atoms with Gasteiger partial charge >= 0.3 is 6.09 Å². The van der Waals surface area contributed by atoms with Gasteiger partial charge in [0.1, 0.15) is 23.2 Å². The number of likely N-dealkylation sites (N-methyl/N-ethyl adjacent to an activating group) is 1. The molecular formula is C27H38N4O7S. The highest BCUT2D eigenvalue weighted by Crippen LogP contribution is 2.31. The zero-order valence-electron chi connectivity index (χ0n) is 23.9. The van der Waals surface area contributed by atoms with Gasteiger partial charge in [0.05, 0.1) is 19.1 Å². The molecule has 2 aromatic carbocycles. The van der Waals surface area contributed by atoms with Crippen molar-refractivity contribution in [1.29, 1.82) is 0 Å². The van der Waals surface area contributed by atoms with Gasteiger partial charge in [-0.2, -0.15) is 8.42 Å². The van der Waals surface area contributed by atoms with Crippen LogP contribution >= 0.6 is 0 Å². The molecule has 0 aliphatic heterocycles. The molecule has 1 unspecified atom stereocenters. The van der Waals surface area contributed by atoms with E-state index in [-0.39, 0.29) is 17.2 Å². The third-order valence-corrected chi connectivity index (χ3v) is 7.49. The lowest BCUT2D eigenvalue weighted by atomic mass is 10.0. The second-order valence-corrected chi connectivity index (χ2v) is 11.6. The smallest absolute Gasteiger partial charge is 0.408 e. The van der Waals surface area contributed by atoms with Gasteiger partial charge < -0.3 is 20.5 Å². The van der Waals surface area contributed by atoms with Gasteiger partial charge in [-0.15, -0.1) is 4.40 Å². The number of sulfonamides is 1. The first-order valence-corrected chi connectivity index (χ1v) is 13.6. The number of rotatable bonds is 9. The van der Waals surface area contributed by atoms with E-state index in [0.29, 0.717) is 33.6 Å². The molecule has 0 bridgehead atoms. The maximum Gasteiger partial charge on any atom is 0.408 e. The highest BCUT2D eigenvalue weighted by Gasteiger charge is 2.28. The molecule has 0 heterocycles. The minimum absolute atomic E-state index is 0.0511. The Balaban J connectivity index is 2.42. The summed E-state index contributed by atoms with van der Waals surface area (Å²) in [6.07, 6.45) is -0.718. The van der Waals surface area contributed by atoms with Crippen LogP contribution in [0.3, 0.4) is 0 Å². The Kier molecular flexibility index (Phi) is 10.1. The molecule has 0 aliphatic carbocycles. The van der Waals surface area contributed by atoms with Gasteiger partial charge in [-0.3, -0.25) is 9.63 Å². The Morgan fingerprint density at radius 3 is 2.31 bits per heavy atom. The largest absolute Gasteiger partial charge is 0.496 e. The predicted molar refractivity (Wildman–Crippen MR) is 148 cm³/mol. The zero-order chi connectivity index (χ0) is 29.7. The predicted octanol–water partition coefficient (Wildman–Crippen LogP) is 3.17. The molecule has 0 aromatic heterocycles. The average molecular weight is 563 g/mol. The van der Waals surface area contributed by atoms with Crippen LogP contribution in [0.4, 0.5) is 4.79 Å². The molecule has 11 nitrogen and oxygen atoms in total. The van der Waals surface area contributed by atoms with Gasteiger partial charge in [0, 0.05) is 19.0 Å². The van der Waals surface area contributed by atoms with E-state index < -0.39 is 33.7 Å². The lowest BCUT2D eigenvalue weighted by molar-refractivity contribution is -0.171. The molecule has 39 heavy (non-hydrogen) atoms. The molecule has 0 spiro atoms. The third-order valence-electron chi connectivity index (χ3n) is 5.91. The summed E-state index contributed by atoms with van der Waals surface area (Å²) in [5.41, 5.74) is 8.01. The molecule has 214 valence electrons. The highest BCUT2D eigenvalue weighted by molar-refractivity contribution is 7.90. The molecule has 0 fully saturated rings. The summed E-state index contributed by atoms with van der Waals surface area (Å²) < 4.78 is 41.1. The van der Waals surface area contributed by atoms with Crippen LogP contribution in [0.1, 0.15) is 48.6 Å². The Morgan fingerprint density at radius 2 is 1.74 bits per heavy atom. The second-order valence-electron chi connectivity index (χ2n) is 10.0. The molecular weight excluding hydrogens is 524 g/mol. The van der Waals surface area contributed by atoms with E-state index in [1.54, 1.807) is 71.9 Å². The first kappa shape index (κ1) is 31.6. The van der Waals surface area contributed by atoms with Gasteiger partial charge in [-0.1, -0.05) is 18.2 Å². The number of hydroxylamine groups is 2. The lowest BCUT2D eigenvalue weighted by Crippen LogP contribution is -2.49. The van der Waals surface area contributed by atoms with Crippen molar-refractivity contribution >= 4 is 27.9 Å². The fourth-order valence-electron chi connectivity index (χ4n) is 3.91. The molecule has 2 rings (SSSR count). The Labute approximate surface area is 230 Å². The first-order chi connectivity index (χ1) is 18.0. The molecule has 3 N–H and O–H groups in total. The maximum absolute atomic E-state index is 13.3. The van der Waals surface area contributed by atoms with E-state index in [2.05, 4.69) is 9.71 Å². The number of alkyl carbamates (subject to hydrolysis) is 1. The van der Waals surface area contributed by atoms with E-state index in [0.717, 1.165) is 5.06 Å². The van der Waals surface area contributed by atoms with Crippen LogP contribution in [0.15, 0.2) is 39.6 Å². The Bertz CT molecular complexity index is 1360. The minimum atomic E-state index is -4.16. The summed E-state index contributed by atoms with van der Waals surface area (Å²) in [4.78, 5) is 30.3. The number of nitrogens with zero attached hydrogens (tertiary/aromatic N) is 2. The number of nitrogens with one attached hydrogen (secondary N) is 1. The van der Waals surface area contributed by atoms with E-state index in [1.807, 2.05) is 0 Å². The summed E-state index contributed by atoms with van der Waals surface area (Å²) in [6, 6.07) is 7.20. The van der Waals surface area contributed by atoms with Crippen molar-refractivity contribution in [2.75, 3.05) is 21.3 Å². The summed E-state index contributed by atoms with van der Waals surface area (Å²) in [5, 5.41) is 3.57. The third kappa shape index (κ3) is 8.17. The first-order valence-electron chi connectivity index (χ1n) is 12.2. The molecule has 0 saturated carbocycles. The van der Waals surface area contributed by atoms with Crippen molar-refractivity contribution in [3.63, 3.8) is 0 Å². The van der Waals surface area contributed by atoms with Gasteiger partial charge in [0.25, 0.3) is 15.9 Å². The fourth-order valence-corrected chi connectivity index (χ4v) is 5.37. The highest BCUT2D eigenvalue weighted by atomic mass is 32.2. The number of hydrogen-bond donors (Lipinski definition) is 2. The average Bonchev–Trinajstić information content (AvgIpc) is 2.83. The number of amidine groups is 1. The van der Waals surface area contributed by atoms with Crippen LogP contribution in [-0.2, 0) is 30.8 Å². The quantitative estimate of drug-likeness (QED) is 0.269. The van der Waals surface area contributed by atoms with Crippen LogP contribution in [0.25, 0.3) is 0 Å². The van der Waals surface area contributed by atoms with Crippen molar-refractivity contribution < 1.29 is 32.3 Å². The zero-order valence-corrected chi connectivity index (χ0v) is 24.7. The lowest BCUT2D eigenvalue weighted by Gasteiger charge is -2.25.